The Morgan fingerprint density at radius 1 is 1.46 bits per heavy atom. The predicted octanol–water partition coefficient (Wildman–Crippen LogP) is 1.84. The van der Waals surface area contributed by atoms with Gasteiger partial charge < -0.3 is 10.6 Å². The Hall–Kier alpha value is -0.0800. The topological polar surface area (TPSA) is 29.3 Å². The highest BCUT2D eigenvalue weighted by Gasteiger charge is 2.24. The quantitative estimate of drug-likeness (QED) is 0.722. The molecule has 2 nitrogen and oxygen atoms in total. The molecular formula is C11H24N2. The van der Waals surface area contributed by atoms with Gasteiger partial charge in [-0.15, -0.1) is 0 Å². The number of likely N-dealkylation sites (tertiary alicyclic amines) is 1. The Balaban J connectivity index is 2.34. The van der Waals surface area contributed by atoms with Crippen LogP contribution >= 0.6 is 0 Å². The molecule has 1 aliphatic heterocycles. The Labute approximate surface area is 82.5 Å². The molecule has 1 saturated heterocycles. The highest BCUT2D eigenvalue weighted by atomic mass is 15.2. The average molecular weight is 184 g/mol. The molecule has 0 aromatic rings. The lowest BCUT2D eigenvalue weighted by Gasteiger charge is -2.28. The van der Waals surface area contributed by atoms with Crippen LogP contribution in [0.2, 0.25) is 0 Å². The largest absolute Gasteiger partial charge is 0.328 e. The van der Waals surface area contributed by atoms with Gasteiger partial charge in [0.1, 0.15) is 0 Å². The van der Waals surface area contributed by atoms with E-state index in [1.165, 1.54) is 32.4 Å². The van der Waals surface area contributed by atoms with Gasteiger partial charge in [-0.2, -0.15) is 0 Å². The molecule has 1 aliphatic rings. The molecule has 0 aromatic carbocycles. The molecule has 0 aliphatic carbocycles. The summed E-state index contributed by atoms with van der Waals surface area (Å²) in [5, 5.41) is 0. The Kier molecular flexibility index (Phi) is 4.20. The van der Waals surface area contributed by atoms with E-state index in [9.17, 15) is 0 Å². The van der Waals surface area contributed by atoms with Crippen LogP contribution in [-0.2, 0) is 0 Å². The zero-order valence-corrected chi connectivity index (χ0v) is 9.29. The maximum atomic E-state index is 5.87. The molecular weight excluding hydrogens is 160 g/mol. The van der Waals surface area contributed by atoms with E-state index in [2.05, 4.69) is 25.7 Å². The third-order valence-corrected chi connectivity index (χ3v) is 3.39. The van der Waals surface area contributed by atoms with Crippen LogP contribution in [0.1, 0.15) is 40.0 Å². The van der Waals surface area contributed by atoms with E-state index in [0.29, 0.717) is 12.0 Å². The third-order valence-electron chi connectivity index (χ3n) is 3.39. The fraction of sp³-hybridized carbons (Fsp3) is 1.00. The van der Waals surface area contributed by atoms with E-state index in [1.54, 1.807) is 0 Å². The lowest BCUT2D eigenvalue weighted by molar-refractivity contribution is 0.205. The first-order chi connectivity index (χ1) is 6.15. The lowest BCUT2D eigenvalue weighted by Crippen LogP contribution is -2.38. The minimum Gasteiger partial charge on any atom is -0.328 e. The van der Waals surface area contributed by atoms with Crippen LogP contribution in [0.5, 0.6) is 0 Å². The summed E-state index contributed by atoms with van der Waals surface area (Å²) in [4.78, 5) is 2.62. The molecule has 0 spiro atoms. The van der Waals surface area contributed by atoms with E-state index in [0.717, 1.165) is 6.04 Å². The second kappa shape index (κ2) is 4.97. The van der Waals surface area contributed by atoms with Gasteiger partial charge in [-0.1, -0.05) is 13.8 Å². The number of hydrogen-bond donors (Lipinski definition) is 1. The Morgan fingerprint density at radius 3 is 2.69 bits per heavy atom. The third kappa shape index (κ3) is 2.96. The van der Waals surface area contributed by atoms with Crippen LogP contribution < -0.4 is 5.73 Å². The maximum absolute atomic E-state index is 5.87. The monoisotopic (exact) mass is 184 g/mol. The van der Waals surface area contributed by atoms with E-state index in [4.69, 9.17) is 5.73 Å². The fourth-order valence-corrected chi connectivity index (χ4v) is 2.13. The predicted molar refractivity (Wildman–Crippen MR) is 57.7 cm³/mol. The van der Waals surface area contributed by atoms with Gasteiger partial charge in [0.25, 0.3) is 0 Å². The molecule has 0 bridgehead atoms. The summed E-state index contributed by atoms with van der Waals surface area (Å²) in [6.45, 7) is 9.14. The molecule has 78 valence electrons. The fourth-order valence-electron chi connectivity index (χ4n) is 2.13. The van der Waals surface area contributed by atoms with E-state index < -0.39 is 0 Å². The Morgan fingerprint density at radius 2 is 2.15 bits per heavy atom. The summed E-state index contributed by atoms with van der Waals surface area (Å²) >= 11 is 0. The molecule has 0 aromatic heterocycles. The van der Waals surface area contributed by atoms with Crippen LogP contribution in [0.15, 0.2) is 0 Å². The first kappa shape index (κ1) is 11.0. The van der Waals surface area contributed by atoms with Crippen molar-refractivity contribution in [1.82, 2.24) is 4.90 Å². The smallest absolute Gasteiger partial charge is 0.00932 e. The van der Waals surface area contributed by atoms with Crippen molar-refractivity contribution in [3.63, 3.8) is 0 Å². The van der Waals surface area contributed by atoms with Gasteiger partial charge in [-0.3, -0.25) is 0 Å². The molecule has 1 heterocycles. The van der Waals surface area contributed by atoms with E-state index >= 15 is 0 Å². The summed E-state index contributed by atoms with van der Waals surface area (Å²) in [6, 6.07) is 1.17. The van der Waals surface area contributed by atoms with Crippen molar-refractivity contribution in [2.45, 2.75) is 52.1 Å². The van der Waals surface area contributed by atoms with Crippen molar-refractivity contribution in [2.75, 3.05) is 13.1 Å². The van der Waals surface area contributed by atoms with Crippen molar-refractivity contribution >= 4 is 0 Å². The maximum Gasteiger partial charge on any atom is 0.00932 e. The molecule has 1 rings (SSSR count). The van der Waals surface area contributed by atoms with Crippen molar-refractivity contribution in [1.29, 1.82) is 0 Å². The van der Waals surface area contributed by atoms with Gasteiger partial charge in [0, 0.05) is 18.6 Å². The van der Waals surface area contributed by atoms with E-state index in [1.807, 2.05) is 0 Å². The minimum absolute atomic E-state index is 0.332. The molecule has 2 heteroatoms. The Bertz CT molecular complexity index is 145. The summed E-state index contributed by atoms with van der Waals surface area (Å²) in [5.74, 6) is 0.632. The molecule has 3 atom stereocenters. The number of hydrogen-bond acceptors (Lipinski definition) is 2. The number of rotatable bonds is 4. The van der Waals surface area contributed by atoms with Crippen molar-refractivity contribution in [3.8, 4) is 0 Å². The highest BCUT2D eigenvalue weighted by Crippen LogP contribution is 2.21. The van der Waals surface area contributed by atoms with Crippen LogP contribution in [0.3, 0.4) is 0 Å². The van der Waals surface area contributed by atoms with Crippen molar-refractivity contribution in [3.05, 3.63) is 0 Å². The molecule has 0 radical (unpaired) electrons. The van der Waals surface area contributed by atoms with Crippen molar-refractivity contribution < 1.29 is 0 Å². The van der Waals surface area contributed by atoms with Gasteiger partial charge in [0.2, 0.25) is 0 Å². The molecule has 13 heavy (non-hydrogen) atoms. The summed E-state index contributed by atoms with van der Waals surface area (Å²) in [7, 11) is 0. The van der Waals surface area contributed by atoms with Gasteiger partial charge in [0.15, 0.2) is 0 Å². The standard InChI is InChI=1S/C11H24N2/c1-4-11-6-5-7-13(11)8-9(2)10(3)12/h9-11H,4-8,12H2,1-3H3. The second-order valence-electron chi connectivity index (χ2n) is 4.54. The summed E-state index contributed by atoms with van der Waals surface area (Å²) in [6.07, 6.45) is 4.07. The number of nitrogens with two attached hydrogens (primary N) is 1. The SMILES string of the molecule is CCC1CCCN1CC(C)C(C)N. The van der Waals surface area contributed by atoms with Gasteiger partial charge >= 0.3 is 0 Å². The zero-order chi connectivity index (χ0) is 9.84. The molecule has 1 fully saturated rings. The molecule has 2 N–H and O–H groups in total. The van der Waals surface area contributed by atoms with Crippen LogP contribution in [0.4, 0.5) is 0 Å². The first-order valence-corrected chi connectivity index (χ1v) is 5.64. The van der Waals surface area contributed by atoms with Gasteiger partial charge in [0.05, 0.1) is 0 Å². The molecule has 0 amide bonds. The lowest BCUT2D eigenvalue weighted by atomic mass is 10.0. The van der Waals surface area contributed by atoms with Crippen molar-refractivity contribution in [2.24, 2.45) is 11.7 Å². The van der Waals surface area contributed by atoms with Crippen LogP contribution in [0, 0.1) is 5.92 Å². The normalized spacial score (nSPS) is 29.1. The van der Waals surface area contributed by atoms with Gasteiger partial charge in [-0.05, 0) is 38.6 Å². The highest BCUT2D eigenvalue weighted by molar-refractivity contribution is 4.80. The van der Waals surface area contributed by atoms with E-state index in [-0.39, 0.29) is 0 Å². The average Bonchev–Trinajstić information content (AvgIpc) is 2.51. The summed E-state index contributed by atoms with van der Waals surface area (Å²) in [5.41, 5.74) is 5.87. The molecule has 0 saturated carbocycles. The zero-order valence-electron chi connectivity index (χ0n) is 9.29. The number of nitrogens with zero attached hydrogens (tertiary/aromatic N) is 1. The molecule has 3 unspecified atom stereocenters. The minimum atomic E-state index is 0.332. The van der Waals surface area contributed by atoms with Crippen LogP contribution in [0.25, 0.3) is 0 Å². The second-order valence-corrected chi connectivity index (χ2v) is 4.54. The van der Waals surface area contributed by atoms with Gasteiger partial charge in [-0.25, -0.2) is 0 Å². The summed E-state index contributed by atoms with van der Waals surface area (Å²) < 4.78 is 0. The first-order valence-electron chi connectivity index (χ1n) is 5.64. The van der Waals surface area contributed by atoms with Crippen LogP contribution in [-0.4, -0.2) is 30.1 Å².